The van der Waals surface area contributed by atoms with Gasteiger partial charge in [0.25, 0.3) is 0 Å². The van der Waals surface area contributed by atoms with Gasteiger partial charge in [0.05, 0.1) is 14.8 Å². The van der Waals surface area contributed by atoms with E-state index in [0.717, 1.165) is 5.56 Å². The molecule has 0 saturated heterocycles. The molecule has 3 aromatic rings. The second-order valence-electron chi connectivity index (χ2n) is 5.02. The van der Waals surface area contributed by atoms with Crippen LogP contribution >= 0.6 is 0 Å². The van der Waals surface area contributed by atoms with Crippen LogP contribution in [0.2, 0.25) is 0 Å². The van der Waals surface area contributed by atoms with E-state index < -0.39 is 6.56 Å². The first kappa shape index (κ1) is 11.3. The van der Waals surface area contributed by atoms with Crippen LogP contribution in [-0.2, 0) is 13.1 Å². The van der Waals surface area contributed by atoms with Gasteiger partial charge in [-0.1, -0.05) is 42.0 Å². The van der Waals surface area contributed by atoms with Gasteiger partial charge in [-0.3, -0.25) is 0 Å². The van der Waals surface area contributed by atoms with Gasteiger partial charge in [0, 0.05) is 11.9 Å². The van der Waals surface area contributed by atoms with Crippen molar-refractivity contribution in [3.8, 4) is 0 Å². The Morgan fingerprint density at radius 2 is 1.90 bits per heavy atom. The fraction of sp³-hybridized carbons (Fsp3) is 0.167. The van der Waals surface area contributed by atoms with Crippen LogP contribution in [0.15, 0.2) is 54.6 Å². The number of aliphatic hydroxyl groups is 1. The van der Waals surface area contributed by atoms with Crippen molar-refractivity contribution in [2.45, 2.75) is 20.0 Å². The van der Waals surface area contributed by atoms with E-state index in [-0.39, 0.29) is 5.56 Å². The first-order valence-corrected chi connectivity index (χ1v) is 6.85. The van der Waals surface area contributed by atoms with Crippen LogP contribution < -0.4 is 5.32 Å². The van der Waals surface area contributed by atoms with Gasteiger partial charge in [-0.25, -0.2) is 4.98 Å². The maximum atomic E-state index is 9.62. The topological polar surface area (TPSA) is 45.2 Å². The number of hydrogen-bond acceptors (Lipinski definition) is 3. The molecule has 3 rings (SSSR count). The molecule has 106 valence electrons. The number of rotatable bonds is 4. The van der Waals surface area contributed by atoms with E-state index in [0.29, 0.717) is 23.3 Å². The zero-order valence-electron chi connectivity index (χ0n) is 13.8. The summed E-state index contributed by atoms with van der Waals surface area (Å²) in [5, 5.41) is 13.5. The standard InChI is InChI=1S/C18H18N2O/c1-13-5-7-14(8-6-13)11-19-18-10-9-16-15(12-21)3-2-4-17(16)20-18/h2-10,21H,11-12H2,1H3,(H,19,20)/i12D2. The Balaban J connectivity index is 1.84. The average molecular weight is 280 g/mol. The predicted molar refractivity (Wildman–Crippen MR) is 86.2 cm³/mol. The molecule has 0 spiro atoms. The Morgan fingerprint density at radius 1 is 1.10 bits per heavy atom. The number of fused-ring (bicyclic) bond motifs is 1. The first-order valence-electron chi connectivity index (χ1n) is 7.85. The maximum absolute atomic E-state index is 9.62. The summed E-state index contributed by atoms with van der Waals surface area (Å²) in [5.74, 6) is 0.716. The molecule has 0 amide bonds. The van der Waals surface area contributed by atoms with Crippen molar-refractivity contribution in [2.24, 2.45) is 0 Å². The van der Waals surface area contributed by atoms with Gasteiger partial charge >= 0.3 is 0 Å². The van der Waals surface area contributed by atoms with Gasteiger partial charge < -0.3 is 10.4 Å². The maximum Gasteiger partial charge on any atom is 0.126 e. The van der Waals surface area contributed by atoms with E-state index in [1.807, 2.05) is 6.07 Å². The summed E-state index contributed by atoms with van der Waals surface area (Å²) in [5.41, 5.74) is 3.27. The SMILES string of the molecule is [2H]C([2H])(O)c1cccc2nc(NCc3ccc(C)cc3)ccc12. The molecule has 0 aliphatic heterocycles. The van der Waals surface area contributed by atoms with Crippen molar-refractivity contribution < 1.29 is 7.85 Å². The van der Waals surface area contributed by atoms with Crippen LogP contribution in [0.3, 0.4) is 0 Å². The van der Waals surface area contributed by atoms with Crippen LogP contribution in [0.4, 0.5) is 5.82 Å². The van der Waals surface area contributed by atoms with Gasteiger partial charge in [-0.2, -0.15) is 0 Å². The van der Waals surface area contributed by atoms with Gasteiger partial charge in [-0.15, -0.1) is 0 Å². The molecule has 0 unspecified atom stereocenters. The number of aromatic nitrogens is 1. The molecule has 1 aromatic heterocycles. The van der Waals surface area contributed by atoms with E-state index >= 15 is 0 Å². The summed E-state index contributed by atoms with van der Waals surface area (Å²) in [4.78, 5) is 4.49. The lowest BCUT2D eigenvalue weighted by Crippen LogP contribution is -2.01. The Labute approximate surface area is 127 Å². The van der Waals surface area contributed by atoms with Gasteiger partial charge in [-0.05, 0) is 36.2 Å². The molecular formula is C18H18N2O. The molecule has 0 aliphatic carbocycles. The molecule has 0 fully saturated rings. The summed E-state index contributed by atoms with van der Waals surface area (Å²) < 4.78 is 15.0. The van der Waals surface area contributed by atoms with Crippen molar-refractivity contribution in [1.82, 2.24) is 4.98 Å². The first-order chi connectivity index (χ1) is 10.9. The molecule has 0 aliphatic rings. The lowest BCUT2D eigenvalue weighted by Gasteiger charge is -2.08. The summed E-state index contributed by atoms with van der Waals surface area (Å²) in [6.45, 7) is 0.344. The van der Waals surface area contributed by atoms with Crippen LogP contribution in [0.5, 0.6) is 0 Å². The van der Waals surface area contributed by atoms with E-state index in [2.05, 4.69) is 41.5 Å². The lowest BCUT2D eigenvalue weighted by atomic mass is 10.1. The van der Waals surface area contributed by atoms with Crippen LogP contribution in [0.1, 0.15) is 19.4 Å². The fourth-order valence-corrected chi connectivity index (χ4v) is 2.25. The Kier molecular flexibility index (Phi) is 3.19. The summed E-state index contributed by atoms with van der Waals surface area (Å²) in [6.07, 6.45) is 0. The highest BCUT2D eigenvalue weighted by molar-refractivity contribution is 5.83. The Hall–Kier alpha value is -2.39. The normalized spacial score (nSPS) is 12.9. The number of anilines is 1. The van der Waals surface area contributed by atoms with Crippen LogP contribution in [0, 0.1) is 6.92 Å². The van der Waals surface area contributed by atoms with Gasteiger partial charge in [0.15, 0.2) is 0 Å². The number of benzene rings is 2. The molecule has 21 heavy (non-hydrogen) atoms. The monoisotopic (exact) mass is 280 g/mol. The third-order valence-electron chi connectivity index (χ3n) is 3.45. The molecule has 1 heterocycles. The summed E-state index contributed by atoms with van der Waals surface area (Å²) >= 11 is 0. The lowest BCUT2D eigenvalue weighted by molar-refractivity contribution is 0.283. The second-order valence-corrected chi connectivity index (χ2v) is 5.02. The molecular weight excluding hydrogens is 260 g/mol. The Morgan fingerprint density at radius 3 is 2.67 bits per heavy atom. The molecule has 0 bridgehead atoms. The molecule has 0 saturated carbocycles. The predicted octanol–water partition coefficient (Wildman–Crippen LogP) is 3.65. The van der Waals surface area contributed by atoms with E-state index in [1.165, 1.54) is 5.56 Å². The molecule has 0 atom stereocenters. The van der Waals surface area contributed by atoms with Crippen LogP contribution in [0.25, 0.3) is 10.9 Å². The second kappa shape index (κ2) is 5.94. The minimum Gasteiger partial charge on any atom is -0.392 e. The van der Waals surface area contributed by atoms with E-state index in [4.69, 9.17) is 2.74 Å². The number of nitrogens with zero attached hydrogens (tertiary/aromatic N) is 1. The Bertz CT molecular complexity index is 827. The van der Waals surface area contributed by atoms with Crippen molar-refractivity contribution >= 4 is 16.7 Å². The van der Waals surface area contributed by atoms with E-state index in [9.17, 15) is 5.11 Å². The third-order valence-corrected chi connectivity index (χ3v) is 3.45. The van der Waals surface area contributed by atoms with E-state index in [1.54, 1.807) is 24.3 Å². The highest BCUT2D eigenvalue weighted by Gasteiger charge is 2.02. The highest BCUT2D eigenvalue weighted by atomic mass is 16.3. The minimum absolute atomic E-state index is 0.229. The molecule has 2 aromatic carbocycles. The van der Waals surface area contributed by atoms with Crippen molar-refractivity contribution in [3.63, 3.8) is 0 Å². The molecule has 3 nitrogen and oxygen atoms in total. The molecule has 0 radical (unpaired) electrons. The van der Waals surface area contributed by atoms with Gasteiger partial charge in [0.2, 0.25) is 0 Å². The highest BCUT2D eigenvalue weighted by Crippen LogP contribution is 2.19. The number of pyridine rings is 1. The molecule has 3 heteroatoms. The van der Waals surface area contributed by atoms with Crippen LogP contribution in [-0.4, -0.2) is 10.1 Å². The minimum atomic E-state index is -2.38. The van der Waals surface area contributed by atoms with Gasteiger partial charge in [0.1, 0.15) is 5.82 Å². The number of nitrogens with one attached hydrogen (secondary N) is 1. The fourth-order valence-electron chi connectivity index (χ4n) is 2.25. The molecule has 2 N–H and O–H groups in total. The average Bonchev–Trinajstić information content (AvgIpc) is 2.52. The zero-order chi connectivity index (χ0) is 16.4. The number of aryl methyl sites for hydroxylation is 1. The zero-order valence-corrected chi connectivity index (χ0v) is 11.8. The largest absolute Gasteiger partial charge is 0.392 e. The summed E-state index contributed by atoms with van der Waals surface area (Å²) in [7, 11) is 0. The third kappa shape index (κ3) is 3.03. The van der Waals surface area contributed by atoms with Crippen molar-refractivity contribution in [2.75, 3.05) is 5.32 Å². The quantitative estimate of drug-likeness (QED) is 0.767. The smallest absolute Gasteiger partial charge is 0.126 e. The van der Waals surface area contributed by atoms with Crippen molar-refractivity contribution in [3.05, 3.63) is 71.3 Å². The number of hydrogen-bond donors (Lipinski definition) is 2. The van der Waals surface area contributed by atoms with Crippen molar-refractivity contribution in [1.29, 1.82) is 0 Å². The summed E-state index contributed by atoms with van der Waals surface area (Å²) in [6, 6.07) is 16.9.